The lowest BCUT2D eigenvalue weighted by Crippen LogP contribution is -2.37. The second-order valence-corrected chi connectivity index (χ2v) is 6.84. The van der Waals surface area contributed by atoms with Gasteiger partial charge in [-0.1, -0.05) is 6.07 Å². The Hall–Kier alpha value is -2.86. The molecule has 0 aliphatic carbocycles. The van der Waals surface area contributed by atoms with Crippen LogP contribution < -0.4 is 4.90 Å². The Morgan fingerprint density at radius 3 is 2.92 bits per heavy atom. The highest BCUT2D eigenvalue weighted by Gasteiger charge is 2.20. The zero-order valence-corrected chi connectivity index (χ0v) is 14.7. The summed E-state index contributed by atoms with van der Waals surface area (Å²) in [5.41, 5.74) is 4.11. The fourth-order valence-corrected chi connectivity index (χ4v) is 3.72. The predicted molar refractivity (Wildman–Crippen MR) is 103 cm³/mol. The van der Waals surface area contributed by atoms with Crippen LogP contribution in [-0.2, 0) is 4.74 Å². The van der Waals surface area contributed by atoms with Crippen molar-refractivity contribution in [2.75, 3.05) is 25.2 Å². The van der Waals surface area contributed by atoms with Crippen molar-refractivity contribution in [3.05, 3.63) is 48.8 Å². The Morgan fingerprint density at radius 2 is 2.04 bits per heavy atom. The lowest BCUT2D eigenvalue weighted by atomic mass is 10.1. The molecule has 0 amide bonds. The van der Waals surface area contributed by atoms with E-state index in [1.807, 2.05) is 23.0 Å². The van der Waals surface area contributed by atoms with Crippen LogP contribution >= 0.6 is 0 Å². The third-order valence-electron chi connectivity index (χ3n) is 5.30. The van der Waals surface area contributed by atoms with Gasteiger partial charge in [-0.25, -0.2) is 9.50 Å². The largest absolute Gasteiger partial charge is 0.381 e. The summed E-state index contributed by atoms with van der Waals surface area (Å²) in [6.07, 6.45) is 5.94. The first-order valence-electron chi connectivity index (χ1n) is 9.02. The first kappa shape index (κ1) is 15.4. The summed E-state index contributed by atoms with van der Waals surface area (Å²) < 4.78 is 7.43. The van der Waals surface area contributed by atoms with E-state index in [0.717, 1.165) is 54.3 Å². The Morgan fingerprint density at radius 1 is 1.15 bits per heavy atom. The Balaban J connectivity index is 1.56. The minimum atomic E-state index is 0.469. The Labute approximate surface area is 151 Å². The molecule has 6 nitrogen and oxygen atoms in total. The molecule has 132 valence electrons. The molecule has 6 heteroatoms. The van der Waals surface area contributed by atoms with E-state index >= 15 is 0 Å². The van der Waals surface area contributed by atoms with Crippen molar-refractivity contribution < 1.29 is 4.74 Å². The molecule has 5 rings (SSSR count). The maximum Gasteiger partial charge on any atom is 0.154 e. The normalized spacial score (nSPS) is 15.7. The van der Waals surface area contributed by atoms with Crippen molar-refractivity contribution in [1.29, 1.82) is 0 Å². The first-order chi connectivity index (χ1) is 12.8. The second kappa shape index (κ2) is 6.14. The standard InChI is InChI=1S/C20H21N5O/c1-24(16-7-10-26-11-8-16)20-5-4-19-22-13-18(25(19)23-20)15-2-3-17-14(12-15)6-9-21-17/h2-6,9,12-13,16,21H,7-8,10-11H2,1H3. The second-order valence-electron chi connectivity index (χ2n) is 6.84. The summed E-state index contributed by atoms with van der Waals surface area (Å²) in [5.74, 6) is 0.964. The molecule has 0 unspecified atom stereocenters. The molecule has 4 heterocycles. The van der Waals surface area contributed by atoms with Gasteiger partial charge in [0.05, 0.1) is 11.9 Å². The van der Waals surface area contributed by atoms with Crippen LogP contribution in [0.5, 0.6) is 0 Å². The van der Waals surface area contributed by atoms with Crippen LogP contribution in [0.4, 0.5) is 5.82 Å². The SMILES string of the molecule is CN(c1ccc2ncc(-c3ccc4[nH]ccc4c3)n2n1)C1CCOCC1. The average molecular weight is 347 g/mol. The molecule has 1 aromatic carbocycles. The number of ether oxygens (including phenoxy) is 1. The van der Waals surface area contributed by atoms with Crippen LogP contribution in [0.1, 0.15) is 12.8 Å². The molecule has 4 aromatic rings. The third-order valence-corrected chi connectivity index (χ3v) is 5.30. The van der Waals surface area contributed by atoms with Crippen LogP contribution in [0, 0.1) is 0 Å². The van der Waals surface area contributed by atoms with E-state index in [4.69, 9.17) is 9.84 Å². The van der Waals surface area contributed by atoms with Crippen molar-refractivity contribution >= 4 is 22.4 Å². The maximum absolute atomic E-state index is 5.48. The highest BCUT2D eigenvalue weighted by Crippen LogP contribution is 2.26. The van der Waals surface area contributed by atoms with E-state index in [1.165, 1.54) is 5.39 Å². The van der Waals surface area contributed by atoms with E-state index in [1.54, 1.807) is 0 Å². The molecule has 1 aliphatic rings. The van der Waals surface area contributed by atoms with Gasteiger partial charge in [-0.2, -0.15) is 0 Å². The summed E-state index contributed by atoms with van der Waals surface area (Å²) in [5, 5.41) is 6.07. The molecule has 1 aliphatic heterocycles. The van der Waals surface area contributed by atoms with E-state index in [2.05, 4.69) is 52.2 Å². The lowest BCUT2D eigenvalue weighted by molar-refractivity contribution is 0.0853. The molecule has 0 spiro atoms. The fourth-order valence-electron chi connectivity index (χ4n) is 3.72. The number of anilines is 1. The number of aromatic nitrogens is 4. The van der Waals surface area contributed by atoms with Crippen LogP contribution in [-0.4, -0.2) is 45.9 Å². The number of fused-ring (bicyclic) bond motifs is 2. The van der Waals surface area contributed by atoms with Gasteiger partial charge in [0, 0.05) is 49.0 Å². The molecule has 0 saturated carbocycles. The van der Waals surface area contributed by atoms with Crippen LogP contribution in [0.15, 0.2) is 48.8 Å². The smallest absolute Gasteiger partial charge is 0.154 e. The van der Waals surface area contributed by atoms with Gasteiger partial charge in [0.2, 0.25) is 0 Å². The van der Waals surface area contributed by atoms with E-state index in [-0.39, 0.29) is 0 Å². The van der Waals surface area contributed by atoms with Crippen molar-refractivity contribution in [3.8, 4) is 11.3 Å². The minimum Gasteiger partial charge on any atom is -0.381 e. The number of rotatable bonds is 3. The Bertz CT molecular complexity index is 1060. The van der Waals surface area contributed by atoms with Crippen molar-refractivity contribution in [1.82, 2.24) is 19.6 Å². The minimum absolute atomic E-state index is 0.469. The van der Waals surface area contributed by atoms with Gasteiger partial charge in [-0.15, -0.1) is 5.10 Å². The van der Waals surface area contributed by atoms with Crippen molar-refractivity contribution in [2.24, 2.45) is 0 Å². The predicted octanol–water partition coefficient (Wildman–Crippen LogP) is 3.49. The molecule has 1 saturated heterocycles. The molecule has 0 atom stereocenters. The molecular weight excluding hydrogens is 326 g/mol. The summed E-state index contributed by atoms with van der Waals surface area (Å²) in [7, 11) is 2.12. The summed E-state index contributed by atoms with van der Waals surface area (Å²) >= 11 is 0. The zero-order chi connectivity index (χ0) is 17.5. The number of benzene rings is 1. The van der Waals surface area contributed by atoms with Crippen molar-refractivity contribution in [2.45, 2.75) is 18.9 Å². The summed E-state index contributed by atoms with van der Waals surface area (Å²) in [6, 6.07) is 13.0. The molecular formula is C20H21N5O. The summed E-state index contributed by atoms with van der Waals surface area (Å²) in [6.45, 7) is 1.65. The van der Waals surface area contributed by atoms with Gasteiger partial charge in [0.25, 0.3) is 0 Å². The van der Waals surface area contributed by atoms with E-state index < -0.39 is 0 Å². The number of hydrogen-bond acceptors (Lipinski definition) is 4. The number of hydrogen-bond donors (Lipinski definition) is 1. The number of nitrogens with zero attached hydrogens (tertiary/aromatic N) is 4. The molecule has 26 heavy (non-hydrogen) atoms. The Kier molecular flexibility index (Phi) is 3.64. The number of imidazole rings is 1. The molecule has 3 aromatic heterocycles. The van der Waals surface area contributed by atoms with Gasteiger partial charge in [0.15, 0.2) is 5.65 Å². The van der Waals surface area contributed by atoms with Gasteiger partial charge in [0.1, 0.15) is 5.82 Å². The van der Waals surface area contributed by atoms with Gasteiger partial charge >= 0.3 is 0 Å². The van der Waals surface area contributed by atoms with Crippen LogP contribution in [0.2, 0.25) is 0 Å². The highest BCUT2D eigenvalue weighted by atomic mass is 16.5. The van der Waals surface area contributed by atoms with Gasteiger partial charge in [-0.05, 0) is 43.2 Å². The number of H-pyrrole nitrogens is 1. The molecule has 0 bridgehead atoms. The number of nitrogens with one attached hydrogen (secondary N) is 1. The molecule has 1 N–H and O–H groups in total. The lowest BCUT2D eigenvalue weighted by Gasteiger charge is -2.31. The highest BCUT2D eigenvalue weighted by molar-refractivity contribution is 5.84. The topological polar surface area (TPSA) is 58.5 Å². The van der Waals surface area contributed by atoms with Crippen LogP contribution in [0.3, 0.4) is 0 Å². The number of aromatic amines is 1. The van der Waals surface area contributed by atoms with Crippen LogP contribution in [0.25, 0.3) is 27.8 Å². The average Bonchev–Trinajstić information content (AvgIpc) is 3.33. The molecule has 1 fully saturated rings. The monoisotopic (exact) mass is 347 g/mol. The van der Waals surface area contributed by atoms with E-state index in [0.29, 0.717) is 6.04 Å². The van der Waals surface area contributed by atoms with Gasteiger partial charge in [-0.3, -0.25) is 0 Å². The van der Waals surface area contributed by atoms with Gasteiger partial charge < -0.3 is 14.6 Å². The molecule has 0 radical (unpaired) electrons. The zero-order valence-electron chi connectivity index (χ0n) is 14.7. The van der Waals surface area contributed by atoms with E-state index in [9.17, 15) is 0 Å². The fraction of sp³-hybridized carbons (Fsp3) is 0.300. The van der Waals surface area contributed by atoms with Crippen molar-refractivity contribution in [3.63, 3.8) is 0 Å². The quantitative estimate of drug-likeness (QED) is 0.616. The third kappa shape index (κ3) is 2.54. The summed E-state index contributed by atoms with van der Waals surface area (Å²) in [4.78, 5) is 10.0. The first-order valence-corrected chi connectivity index (χ1v) is 9.02. The maximum atomic E-state index is 5.48.